The van der Waals surface area contributed by atoms with E-state index in [1.54, 1.807) is 7.05 Å². The predicted octanol–water partition coefficient (Wildman–Crippen LogP) is 2.40. The molecule has 1 aromatic carbocycles. The summed E-state index contributed by atoms with van der Waals surface area (Å²) in [4.78, 5) is 4.28. The molecule has 1 unspecified atom stereocenters. The number of para-hydroxylation sites is 1. The Balaban J connectivity index is 0.00000364. The summed E-state index contributed by atoms with van der Waals surface area (Å²) in [6, 6.07) is 8.02. The maximum atomic E-state index is 11.5. The maximum Gasteiger partial charge on any atom is 0.209 e. The van der Waals surface area contributed by atoms with Gasteiger partial charge in [0.1, 0.15) is 11.4 Å². The van der Waals surface area contributed by atoms with E-state index in [0.29, 0.717) is 12.5 Å². The van der Waals surface area contributed by atoms with Crippen LogP contribution in [0.2, 0.25) is 0 Å². The molecule has 1 aliphatic heterocycles. The number of hydrogen-bond donors (Lipinski definition) is 3. The predicted molar refractivity (Wildman–Crippen MR) is 120 cm³/mol. The minimum atomic E-state index is -3.29. The molecule has 1 aromatic rings. The van der Waals surface area contributed by atoms with E-state index in [-0.39, 0.29) is 35.6 Å². The number of nitrogens with zero attached hydrogens (tertiary/aromatic N) is 1. The Morgan fingerprint density at radius 1 is 1.33 bits per heavy atom. The Bertz CT molecular complexity index is 779. The van der Waals surface area contributed by atoms with Crippen LogP contribution in [-0.4, -0.2) is 45.4 Å². The molecule has 1 aliphatic rings. The minimum absolute atomic E-state index is 0. The van der Waals surface area contributed by atoms with Gasteiger partial charge in [0.2, 0.25) is 10.0 Å². The van der Waals surface area contributed by atoms with Crippen LogP contribution in [-0.2, 0) is 10.0 Å². The Kier molecular flexibility index (Phi) is 7.95. The molecule has 1 heterocycles. The van der Waals surface area contributed by atoms with E-state index in [4.69, 9.17) is 4.74 Å². The third-order valence-corrected chi connectivity index (χ3v) is 4.99. The second-order valence-electron chi connectivity index (χ2n) is 7.98. The van der Waals surface area contributed by atoms with Crippen LogP contribution in [0.5, 0.6) is 5.75 Å². The van der Waals surface area contributed by atoms with Gasteiger partial charge in [-0.1, -0.05) is 18.2 Å². The van der Waals surface area contributed by atoms with Gasteiger partial charge in [-0.05, 0) is 33.8 Å². The van der Waals surface area contributed by atoms with Crippen LogP contribution >= 0.6 is 24.0 Å². The third-order valence-electron chi connectivity index (χ3n) is 4.07. The quantitative estimate of drug-likeness (QED) is 0.322. The van der Waals surface area contributed by atoms with Crippen molar-refractivity contribution in [3.8, 4) is 5.75 Å². The molecule has 27 heavy (non-hydrogen) atoms. The zero-order chi connectivity index (χ0) is 19.6. The van der Waals surface area contributed by atoms with Crippen molar-refractivity contribution in [3.63, 3.8) is 0 Å². The number of guanidine groups is 1. The fourth-order valence-electron chi connectivity index (χ4n) is 3.13. The molecule has 0 saturated heterocycles. The van der Waals surface area contributed by atoms with Gasteiger partial charge in [0, 0.05) is 31.1 Å². The van der Waals surface area contributed by atoms with Crippen LogP contribution in [0, 0.1) is 0 Å². The average molecular weight is 510 g/mol. The monoisotopic (exact) mass is 510 g/mol. The van der Waals surface area contributed by atoms with Crippen LogP contribution in [0.15, 0.2) is 29.3 Å². The van der Waals surface area contributed by atoms with Crippen LogP contribution < -0.4 is 20.1 Å². The van der Waals surface area contributed by atoms with E-state index in [1.807, 2.05) is 38.1 Å². The Hall–Kier alpha value is -1.07. The summed E-state index contributed by atoms with van der Waals surface area (Å²) in [5.41, 5.74) is 0.156. The van der Waals surface area contributed by atoms with Crippen molar-refractivity contribution in [1.82, 2.24) is 15.4 Å². The summed E-state index contributed by atoms with van der Waals surface area (Å²) < 4.78 is 31.6. The van der Waals surface area contributed by atoms with Crippen LogP contribution in [0.1, 0.15) is 45.7 Å². The van der Waals surface area contributed by atoms with E-state index in [2.05, 4.69) is 34.2 Å². The fraction of sp³-hybridized carbons (Fsp3) is 0.611. The Morgan fingerprint density at radius 3 is 2.56 bits per heavy atom. The molecule has 0 amide bonds. The number of ether oxygens (including phenoxy) is 1. The van der Waals surface area contributed by atoms with Gasteiger partial charge in [0.25, 0.3) is 0 Å². The molecule has 154 valence electrons. The van der Waals surface area contributed by atoms with Crippen molar-refractivity contribution in [2.45, 2.75) is 51.3 Å². The standard InChI is InChI=1S/C18H30N4O3S.HI/c1-17(2,22-26(6,23)24)12-20-16(19-5)21-14-11-18(3,4)25-15-10-8-7-9-13(14)15;/h7-10,14,22H,11-12H2,1-6H3,(H2,19,20,21);1H. The molecular formula is C18H31IN4O3S. The van der Waals surface area contributed by atoms with Crippen molar-refractivity contribution in [2.75, 3.05) is 19.8 Å². The average Bonchev–Trinajstić information content (AvgIpc) is 2.47. The molecule has 0 spiro atoms. The fourth-order valence-corrected chi connectivity index (χ4v) is 4.21. The zero-order valence-electron chi connectivity index (χ0n) is 16.8. The smallest absolute Gasteiger partial charge is 0.209 e. The highest BCUT2D eigenvalue weighted by Crippen LogP contribution is 2.39. The van der Waals surface area contributed by atoms with Gasteiger partial charge in [-0.25, -0.2) is 13.1 Å². The minimum Gasteiger partial charge on any atom is -0.487 e. The van der Waals surface area contributed by atoms with Crippen LogP contribution in [0.3, 0.4) is 0 Å². The highest BCUT2D eigenvalue weighted by atomic mass is 127. The van der Waals surface area contributed by atoms with Crippen LogP contribution in [0.4, 0.5) is 0 Å². The number of hydrogen-bond acceptors (Lipinski definition) is 4. The molecule has 1 atom stereocenters. The molecule has 0 saturated carbocycles. The molecule has 0 fully saturated rings. The molecule has 0 radical (unpaired) electrons. The van der Waals surface area contributed by atoms with Gasteiger partial charge in [-0.2, -0.15) is 0 Å². The Labute approximate surface area is 179 Å². The van der Waals surface area contributed by atoms with Crippen molar-refractivity contribution >= 4 is 40.0 Å². The van der Waals surface area contributed by atoms with E-state index in [9.17, 15) is 8.42 Å². The largest absolute Gasteiger partial charge is 0.487 e. The van der Waals surface area contributed by atoms with Gasteiger partial charge >= 0.3 is 0 Å². The first-order valence-corrected chi connectivity index (χ1v) is 10.5. The summed E-state index contributed by atoms with van der Waals surface area (Å²) in [6.45, 7) is 8.16. The summed E-state index contributed by atoms with van der Waals surface area (Å²) in [6.07, 6.45) is 1.94. The molecule has 7 nitrogen and oxygen atoms in total. The van der Waals surface area contributed by atoms with E-state index >= 15 is 0 Å². The topological polar surface area (TPSA) is 91.8 Å². The molecule has 0 bridgehead atoms. The van der Waals surface area contributed by atoms with Crippen molar-refractivity contribution in [3.05, 3.63) is 29.8 Å². The highest BCUT2D eigenvalue weighted by Gasteiger charge is 2.34. The molecule has 9 heteroatoms. The lowest BCUT2D eigenvalue weighted by atomic mass is 9.90. The van der Waals surface area contributed by atoms with Crippen molar-refractivity contribution in [1.29, 1.82) is 0 Å². The lowest BCUT2D eigenvalue weighted by Crippen LogP contribution is -2.53. The summed E-state index contributed by atoms with van der Waals surface area (Å²) in [5.74, 6) is 1.49. The normalized spacial score (nSPS) is 19.3. The van der Waals surface area contributed by atoms with Gasteiger partial charge in [0.05, 0.1) is 12.3 Å². The van der Waals surface area contributed by atoms with Gasteiger partial charge in [-0.3, -0.25) is 4.99 Å². The number of halogens is 1. The zero-order valence-corrected chi connectivity index (χ0v) is 19.9. The second kappa shape index (κ2) is 8.95. The highest BCUT2D eigenvalue weighted by molar-refractivity contribution is 14.0. The second-order valence-corrected chi connectivity index (χ2v) is 9.73. The Morgan fingerprint density at radius 2 is 1.96 bits per heavy atom. The maximum absolute atomic E-state index is 11.5. The number of nitrogens with one attached hydrogen (secondary N) is 3. The van der Waals surface area contributed by atoms with Gasteiger partial charge in [-0.15, -0.1) is 24.0 Å². The van der Waals surface area contributed by atoms with Gasteiger partial charge in [0.15, 0.2) is 5.96 Å². The summed E-state index contributed by atoms with van der Waals surface area (Å²) in [5, 5.41) is 6.64. The number of fused-ring (bicyclic) bond motifs is 1. The number of sulfonamides is 1. The molecular weight excluding hydrogens is 479 g/mol. The van der Waals surface area contributed by atoms with Crippen molar-refractivity contribution in [2.24, 2.45) is 4.99 Å². The number of aliphatic imine (C=N–C) groups is 1. The first-order chi connectivity index (χ1) is 11.9. The number of benzene rings is 1. The first kappa shape index (κ1) is 24.0. The van der Waals surface area contributed by atoms with Crippen LogP contribution in [0.25, 0.3) is 0 Å². The number of rotatable bonds is 5. The summed E-state index contributed by atoms with van der Waals surface area (Å²) in [7, 11) is -1.59. The molecule has 0 aliphatic carbocycles. The third kappa shape index (κ3) is 7.46. The molecule has 2 rings (SSSR count). The van der Waals surface area contributed by atoms with Crippen molar-refractivity contribution < 1.29 is 13.2 Å². The summed E-state index contributed by atoms with van der Waals surface area (Å²) >= 11 is 0. The van der Waals surface area contributed by atoms with E-state index < -0.39 is 15.6 Å². The first-order valence-electron chi connectivity index (χ1n) is 8.65. The molecule has 3 N–H and O–H groups in total. The lowest BCUT2D eigenvalue weighted by Gasteiger charge is -2.38. The van der Waals surface area contributed by atoms with E-state index in [1.165, 1.54) is 0 Å². The SMILES string of the molecule is CN=C(NCC(C)(C)NS(C)(=O)=O)NC1CC(C)(C)Oc2ccccc21.I. The van der Waals surface area contributed by atoms with E-state index in [0.717, 1.165) is 24.0 Å². The van der Waals surface area contributed by atoms with Gasteiger partial charge < -0.3 is 15.4 Å². The lowest BCUT2D eigenvalue weighted by molar-refractivity contribution is 0.0694. The molecule has 0 aromatic heterocycles.